The van der Waals surface area contributed by atoms with E-state index in [4.69, 9.17) is 23.7 Å². The molecule has 6 rings (SSSR count). The standard InChI is InChI=1S/C44H55NO13/c1-23-28(55-37(50)24(2)32(26-16-12-10-13-17-26)45-39(52)58-40(4,5)6)21-44(53)36(56-38(51)27-18-14-11-15-19-27)34-42(9,35(49)33(48)31(23)41(44,7)8)29(47)20-30-43(34,22-54-30)57-25(3)46/h10-19,24,28-30,32-34,36,47-48,53H,20-22H2,1-9H3,(H,45,52)/t24-,28+,29+,30-,32-,33-,34+,36+,42-,43+,44-/m1/s1. The van der Waals surface area contributed by atoms with Gasteiger partial charge in [-0.25, -0.2) is 9.59 Å². The first kappa shape index (κ1) is 43.0. The summed E-state index contributed by atoms with van der Waals surface area (Å²) < 4.78 is 30.0. The fraction of sp³-hybridized carbons (Fsp3) is 0.568. The number of ether oxygens (including phenoxy) is 5. The summed E-state index contributed by atoms with van der Waals surface area (Å²) in [6.07, 6.45) is -8.79. The summed E-state index contributed by atoms with van der Waals surface area (Å²) >= 11 is 0. The number of carbonyl (C=O) groups excluding carboxylic acids is 5. The van der Waals surface area contributed by atoms with Crippen LogP contribution in [0, 0.1) is 22.7 Å². The summed E-state index contributed by atoms with van der Waals surface area (Å²) in [7, 11) is 0. The average Bonchev–Trinajstić information content (AvgIpc) is 3.14. The van der Waals surface area contributed by atoms with Crippen LogP contribution in [0.3, 0.4) is 0 Å². The summed E-state index contributed by atoms with van der Waals surface area (Å²) in [4.78, 5) is 69.4. The summed E-state index contributed by atoms with van der Waals surface area (Å²) in [5.41, 5.74) is -7.35. The monoisotopic (exact) mass is 805 g/mol. The van der Waals surface area contributed by atoms with Gasteiger partial charge < -0.3 is 44.3 Å². The van der Waals surface area contributed by atoms with Gasteiger partial charge in [-0.2, -0.15) is 0 Å². The van der Waals surface area contributed by atoms with Gasteiger partial charge in [-0.1, -0.05) is 62.4 Å². The van der Waals surface area contributed by atoms with Crippen molar-refractivity contribution in [1.82, 2.24) is 5.32 Å². The van der Waals surface area contributed by atoms with E-state index in [1.807, 2.05) is 0 Å². The molecule has 58 heavy (non-hydrogen) atoms. The Morgan fingerprint density at radius 2 is 1.55 bits per heavy atom. The van der Waals surface area contributed by atoms with Crippen LogP contribution in [0.25, 0.3) is 0 Å². The van der Waals surface area contributed by atoms with Crippen molar-refractivity contribution in [3.05, 3.63) is 82.9 Å². The van der Waals surface area contributed by atoms with E-state index < -0.39 is 112 Å². The molecule has 1 aliphatic heterocycles. The maximum atomic E-state index is 15.0. The highest BCUT2D eigenvalue weighted by Crippen LogP contribution is 2.64. The molecule has 2 saturated carbocycles. The van der Waals surface area contributed by atoms with Gasteiger partial charge in [-0.05, 0) is 70.4 Å². The summed E-state index contributed by atoms with van der Waals surface area (Å²) in [5.74, 6) is -5.80. The Morgan fingerprint density at radius 3 is 2.10 bits per heavy atom. The third-order valence-electron chi connectivity index (χ3n) is 12.9. The number of carbonyl (C=O) groups is 5. The topological polar surface area (TPSA) is 204 Å². The Labute approximate surface area is 338 Å². The number of aliphatic hydroxyl groups is 3. The van der Waals surface area contributed by atoms with Crippen LogP contribution in [0.4, 0.5) is 4.79 Å². The van der Waals surface area contributed by atoms with Crippen molar-refractivity contribution in [2.45, 2.75) is 129 Å². The number of ketones is 1. The first-order valence-electron chi connectivity index (χ1n) is 19.7. The molecule has 2 aromatic carbocycles. The van der Waals surface area contributed by atoms with E-state index in [9.17, 15) is 39.3 Å². The van der Waals surface area contributed by atoms with Gasteiger partial charge in [-0.3, -0.25) is 14.4 Å². The van der Waals surface area contributed by atoms with Crippen molar-refractivity contribution < 1.29 is 63.0 Å². The number of fused-ring (bicyclic) bond motifs is 5. The number of aliphatic hydroxyl groups excluding tert-OH is 2. The average molecular weight is 806 g/mol. The van der Waals surface area contributed by atoms with Crippen LogP contribution in [0.5, 0.6) is 0 Å². The lowest BCUT2D eigenvalue weighted by Gasteiger charge is -2.67. The molecular weight excluding hydrogens is 750 g/mol. The fourth-order valence-corrected chi connectivity index (χ4v) is 9.75. The number of alkyl carbamates (subject to hydrolysis) is 1. The normalized spacial score (nSPS) is 33.7. The molecule has 314 valence electrons. The fourth-order valence-electron chi connectivity index (χ4n) is 9.75. The van der Waals surface area contributed by atoms with Crippen LogP contribution < -0.4 is 5.32 Å². The van der Waals surface area contributed by atoms with Gasteiger partial charge in [0.05, 0.1) is 41.6 Å². The highest BCUT2D eigenvalue weighted by atomic mass is 16.6. The molecule has 0 unspecified atom stereocenters. The number of amides is 1. The van der Waals surface area contributed by atoms with Crippen molar-refractivity contribution in [3.63, 3.8) is 0 Å². The van der Waals surface area contributed by atoms with Crippen molar-refractivity contribution in [2.75, 3.05) is 6.61 Å². The Kier molecular flexibility index (Phi) is 11.3. The summed E-state index contributed by atoms with van der Waals surface area (Å²) in [6.45, 7) is 13.8. The van der Waals surface area contributed by atoms with Crippen molar-refractivity contribution >= 4 is 29.8 Å². The molecule has 14 heteroatoms. The van der Waals surface area contributed by atoms with Gasteiger partial charge in [0.25, 0.3) is 0 Å². The molecule has 4 aliphatic rings. The van der Waals surface area contributed by atoms with Gasteiger partial charge in [-0.15, -0.1) is 0 Å². The van der Waals surface area contributed by atoms with Crippen LogP contribution >= 0.6 is 0 Å². The first-order valence-corrected chi connectivity index (χ1v) is 19.7. The van der Waals surface area contributed by atoms with Gasteiger partial charge in [0, 0.05) is 25.2 Å². The second-order valence-corrected chi connectivity index (χ2v) is 17.9. The minimum Gasteiger partial charge on any atom is -0.457 e. The highest BCUT2D eigenvalue weighted by Gasteiger charge is 2.78. The van der Waals surface area contributed by atoms with Gasteiger partial charge in [0.15, 0.2) is 11.4 Å². The molecule has 3 aliphatic carbocycles. The van der Waals surface area contributed by atoms with Crippen LogP contribution in [0.1, 0.15) is 97.1 Å². The Balaban J connectivity index is 1.49. The van der Waals surface area contributed by atoms with E-state index in [1.54, 1.807) is 97.0 Å². The molecule has 0 aromatic heterocycles. The first-order chi connectivity index (χ1) is 27.0. The van der Waals surface area contributed by atoms with Gasteiger partial charge >= 0.3 is 24.0 Å². The second-order valence-electron chi connectivity index (χ2n) is 17.9. The van der Waals surface area contributed by atoms with Crippen molar-refractivity contribution in [1.29, 1.82) is 0 Å². The third kappa shape index (κ3) is 7.11. The lowest BCUT2D eigenvalue weighted by molar-refractivity contribution is -0.346. The zero-order valence-electron chi connectivity index (χ0n) is 34.4. The number of nitrogens with one attached hydrogen (secondary N) is 1. The van der Waals surface area contributed by atoms with E-state index in [-0.39, 0.29) is 29.7 Å². The maximum Gasteiger partial charge on any atom is 0.408 e. The zero-order valence-corrected chi connectivity index (χ0v) is 34.4. The molecule has 1 saturated heterocycles. The van der Waals surface area contributed by atoms with Crippen LogP contribution in [-0.2, 0) is 38.1 Å². The smallest absolute Gasteiger partial charge is 0.408 e. The number of Topliss-reactive ketones (excluding diaryl/α,β-unsaturated/α-hetero) is 1. The molecule has 0 spiro atoms. The number of benzene rings is 2. The summed E-state index contributed by atoms with van der Waals surface area (Å²) in [5, 5.41) is 40.4. The minimum atomic E-state index is -2.27. The molecular formula is C44H55NO13. The van der Waals surface area contributed by atoms with E-state index in [0.29, 0.717) is 5.56 Å². The molecule has 0 radical (unpaired) electrons. The lowest BCUT2D eigenvalue weighted by Crippen LogP contribution is -2.81. The predicted octanol–water partition coefficient (Wildman–Crippen LogP) is 4.53. The number of hydrogen-bond donors (Lipinski definition) is 4. The van der Waals surface area contributed by atoms with Crippen molar-refractivity contribution in [3.8, 4) is 0 Å². The number of esters is 3. The Bertz CT molecular complexity index is 1970. The van der Waals surface area contributed by atoms with Crippen molar-refractivity contribution in [2.24, 2.45) is 22.7 Å². The van der Waals surface area contributed by atoms with Crippen LogP contribution in [-0.4, -0.2) is 99.0 Å². The largest absolute Gasteiger partial charge is 0.457 e. The van der Waals surface area contributed by atoms with E-state index >= 15 is 0 Å². The van der Waals surface area contributed by atoms with E-state index in [0.717, 1.165) is 0 Å². The molecule has 4 N–H and O–H groups in total. The molecule has 2 aromatic rings. The van der Waals surface area contributed by atoms with E-state index in [1.165, 1.54) is 26.0 Å². The van der Waals surface area contributed by atoms with Gasteiger partial charge in [0.2, 0.25) is 0 Å². The Hall–Kier alpha value is -4.63. The molecule has 11 atom stereocenters. The second kappa shape index (κ2) is 15.2. The van der Waals surface area contributed by atoms with E-state index in [2.05, 4.69) is 5.32 Å². The minimum absolute atomic E-state index is 0.0179. The third-order valence-corrected chi connectivity index (χ3v) is 12.9. The summed E-state index contributed by atoms with van der Waals surface area (Å²) in [6, 6.07) is 15.8. The maximum absolute atomic E-state index is 15.0. The highest BCUT2D eigenvalue weighted by molar-refractivity contribution is 5.94. The van der Waals surface area contributed by atoms with Crippen LogP contribution in [0.15, 0.2) is 71.8 Å². The molecule has 1 heterocycles. The molecule has 2 bridgehead atoms. The molecule has 14 nitrogen and oxygen atoms in total. The van der Waals surface area contributed by atoms with Gasteiger partial charge in [0.1, 0.15) is 35.6 Å². The number of hydrogen-bond acceptors (Lipinski definition) is 13. The molecule has 1 amide bonds. The number of rotatable bonds is 8. The molecule has 3 fully saturated rings. The Morgan fingerprint density at radius 1 is 0.948 bits per heavy atom. The zero-order chi connectivity index (χ0) is 42.7. The quantitative estimate of drug-likeness (QED) is 0.165. The van der Waals surface area contributed by atoms with Crippen LogP contribution in [0.2, 0.25) is 0 Å². The lowest BCUT2D eigenvalue weighted by atomic mass is 9.44. The SMILES string of the molecule is CC(=O)O[C@@]12CO[C@@H]1C[C@H](O)[C@@]1(C)C(=O)[C@H](O)C3=C(C)[C@@H](OC(=O)[C@H](C)[C@@H](NC(=O)OC(C)(C)C)c4ccccc4)C[C@@](O)([C@@H](OC(=O)c4ccccc4)[C@H]21)C3(C)C. The predicted molar refractivity (Wildman–Crippen MR) is 207 cm³/mol.